The van der Waals surface area contributed by atoms with Gasteiger partial charge in [-0.1, -0.05) is 64.6 Å². The third-order valence-corrected chi connectivity index (χ3v) is 5.74. The summed E-state index contributed by atoms with van der Waals surface area (Å²) in [6.07, 6.45) is 0. The van der Waals surface area contributed by atoms with Gasteiger partial charge < -0.3 is 11.5 Å². The maximum atomic E-state index is 10.6. The highest BCUT2D eigenvalue weighted by Crippen LogP contribution is 2.37. The van der Waals surface area contributed by atoms with E-state index in [-0.39, 0.29) is 4.90 Å². The molecule has 6 N–H and O–H groups in total. The molecule has 0 fully saturated rings. The molecule has 0 aliphatic rings. The molecule has 0 aromatic heterocycles. The summed E-state index contributed by atoms with van der Waals surface area (Å²) in [5, 5.41) is 6.33. The number of nitrogens with two attached hydrogens (primary N) is 3. The van der Waals surface area contributed by atoms with Crippen molar-refractivity contribution >= 4 is 67.8 Å². The molecule has 0 atom stereocenters. The summed E-state index contributed by atoms with van der Waals surface area (Å²) in [5.41, 5.74) is 13.6. The standard InChI is InChI=1S/C12H8Cl4N2.C6H7NO2S/c13-7-1-5(2-8(14)11(7)17)6-3-9(15)12(18)10(16)4-6;7-10(8,9)6-4-2-1-3-5-6/h1-4H,17-18H2;1-5H,(H2,7,8,9). The van der Waals surface area contributed by atoms with E-state index in [1.807, 2.05) is 0 Å². The second kappa shape index (κ2) is 9.22. The molecule has 3 aromatic carbocycles. The monoisotopic (exact) mass is 477 g/mol. The fraction of sp³-hybridized carbons (Fsp3) is 0. The molecular formula is C18H15Cl4N3O2S. The van der Waals surface area contributed by atoms with Crippen LogP contribution in [0, 0.1) is 0 Å². The van der Waals surface area contributed by atoms with Crippen LogP contribution in [0.5, 0.6) is 0 Å². The van der Waals surface area contributed by atoms with Gasteiger partial charge in [0.05, 0.1) is 36.4 Å². The number of nitrogen functional groups attached to an aromatic ring is 2. The average molecular weight is 479 g/mol. The van der Waals surface area contributed by atoms with E-state index in [0.29, 0.717) is 31.5 Å². The molecule has 28 heavy (non-hydrogen) atoms. The van der Waals surface area contributed by atoms with Crippen LogP contribution < -0.4 is 16.6 Å². The van der Waals surface area contributed by atoms with Gasteiger partial charge in [0.2, 0.25) is 10.0 Å². The van der Waals surface area contributed by atoms with E-state index >= 15 is 0 Å². The zero-order valence-corrected chi connectivity index (χ0v) is 18.0. The lowest BCUT2D eigenvalue weighted by atomic mass is 10.0. The van der Waals surface area contributed by atoms with Gasteiger partial charge in [0, 0.05) is 0 Å². The molecule has 148 valence electrons. The maximum Gasteiger partial charge on any atom is 0.238 e. The highest BCUT2D eigenvalue weighted by atomic mass is 35.5. The van der Waals surface area contributed by atoms with E-state index < -0.39 is 10.0 Å². The van der Waals surface area contributed by atoms with Gasteiger partial charge in [-0.05, 0) is 47.5 Å². The predicted octanol–water partition coefficient (Wildman–Crippen LogP) is 5.47. The second-order valence-electron chi connectivity index (χ2n) is 5.57. The normalized spacial score (nSPS) is 10.9. The van der Waals surface area contributed by atoms with E-state index in [1.54, 1.807) is 42.5 Å². The summed E-state index contributed by atoms with van der Waals surface area (Å²) in [6, 6.07) is 14.7. The van der Waals surface area contributed by atoms with Crippen molar-refractivity contribution < 1.29 is 8.42 Å². The molecule has 0 aliphatic carbocycles. The van der Waals surface area contributed by atoms with Crippen molar-refractivity contribution in [2.24, 2.45) is 5.14 Å². The Morgan fingerprint density at radius 1 is 0.643 bits per heavy atom. The molecule has 0 radical (unpaired) electrons. The van der Waals surface area contributed by atoms with Crippen LogP contribution in [0.25, 0.3) is 11.1 Å². The van der Waals surface area contributed by atoms with Crippen molar-refractivity contribution in [2.75, 3.05) is 11.5 Å². The number of benzene rings is 3. The summed E-state index contributed by atoms with van der Waals surface area (Å²) >= 11 is 23.9. The second-order valence-corrected chi connectivity index (χ2v) is 8.76. The number of hydrogen-bond acceptors (Lipinski definition) is 4. The first-order valence-electron chi connectivity index (χ1n) is 7.58. The van der Waals surface area contributed by atoms with Gasteiger partial charge in [0.25, 0.3) is 0 Å². The molecule has 3 aromatic rings. The first-order chi connectivity index (χ1) is 13.0. The molecule has 0 amide bonds. The Kier molecular flexibility index (Phi) is 7.45. The van der Waals surface area contributed by atoms with Gasteiger partial charge in [-0.3, -0.25) is 0 Å². The topological polar surface area (TPSA) is 112 Å². The van der Waals surface area contributed by atoms with Crippen molar-refractivity contribution in [3.63, 3.8) is 0 Å². The average Bonchev–Trinajstić information content (AvgIpc) is 2.64. The van der Waals surface area contributed by atoms with Crippen molar-refractivity contribution in [2.45, 2.75) is 4.90 Å². The van der Waals surface area contributed by atoms with Crippen LogP contribution in [-0.2, 0) is 10.0 Å². The number of sulfonamides is 1. The van der Waals surface area contributed by atoms with Crippen molar-refractivity contribution in [3.8, 4) is 11.1 Å². The summed E-state index contributed by atoms with van der Waals surface area (Å²) in [6.45, 7) is 0. The quantitative estimate of drug-likeness (QED) is 0.424. The van der Waals surface area contributed by atoms with Crippen molar-refractivity contribution in [1.29, 1.82) is 0 Å². The summed E-state index contributed by atoms with van der Waals surface area (Å²) in [5.74, 6) is 0. The zero-order valence-electron chi connectivity index (χ0n) is 14.2. The fourth-order valence-electron chi connectivity index (χ4n) is 2.11. The molecule has 0 aliphatic heterocycles. The Morgan fingerprint density at radius 3 is 1.21 bits per heavy atom. The van der Waals surface area contributed by atoms with Crippen LogP contribution in [0.2, 0.25) is 20.1 Å². The minimum absolute atomic E-state index is 0.148. The zero-order chi connectivity index (χ0) is 21.1. The van der Waals surface area contributed by atoms with Crippen LogP contribution in [0.15, 0.2) is 59.5 Å². The van der Waals surface area contributed by atoms with Gasteiger partial charge in [-0.25, -0.2) is 13.6 Å². The minimum Gasteiger partial charge on any atom is -0.396 e. The molecular weight excluding hydrogens is 464 g/mol. The lowest BCUT2D eigenvalue weighted by Gasteiger charge is -2.09. The van der Waals surface area contributed by atoms with Crippen LogP contribution in [0.4, 0.5) is 11.4 Å². The number of hydrogen-bond donors (Lipinski definition) is 3. The molecule has 3 rings (SSSR count). The Hall–Kier alpha value is -1.67. The molecule has 0 saturated carbocycles. The van der Waals surface area contributed by atoms with E-state index in [1.165, 1.54) is 12.1 Å². The Balaban J connectivity index is 0.000000237. The van der Waals surface area contributed by atoms with Crippen LogP contribution in [0.3, 0.4) is 0 Å². The largest absolute Gasteiger partial charge is 0.396 e. The minimum atomic E-state index is -3.50. The predicted molar refractivity (Wildman–Crippen MR) is 119 cm³/mol. The summed E-state index contributed by atoms with van der Waals surface area (Å²) in [7, 11) is -3.50. The van der Waals surface area contributed by atoms with Gasteiger partial charge in [0.1, 0.15) is 0 Å². The van der Waals surface area contributed by atoms with Gasteiger partial charge in [-0.2, -0.15) is 0 Å². The molecule has 10 heteroatoms. The smallest absolute Gasteiger partial charge is 0.238 e. The van der Waals surface area contributed by atoms with E-state index in [0.717, 1.165) is 11.1 Å². The third kappa shape index (κ3) is 5.67. The highest BCUT2D eigenvalue weighted by Gasteiger charge is 2.10. The Morgan fingerprint density at radius 2 is 0.964 bits per heavy atom. The van der Waals surface area contributed by atoms with E-state index in [9.17, 15) is 8.42 Å². The van der Waals surface area contributed by atoms with Gasteiger partial charge in [-0.15, -0.1) is 0 Å². The first kappa shape index (κ1) is 22.6. The third-order valence-electron chi connectivity index (χ3n) is 3.56. The lowest BCUT2D eigenvalue weighted by Crippen LogP contribution is -2.11. The van der Waals surface area contributed by atoms with Crippen LogP contribution >= 0.6 is 46.4 Å². The number of anilines is 2. The molecule has 0 heterocycles. The fourth-order valence-corrected chi connectivity index (χ4v) is 3.62. The van der Waals surface area contributed by atoms with Crippen LogP contribution in [-0.4, -0.2) is 8.42 Å². The molecule has 0 saturated heterocycles. The Labute approximate surface area is 183 Å². The van der Waals surface area contributed by atoms with Crippen molar-refractivity contribution in [1.82, 2.24) is 0 Å². The lowest BCUT2D eigenvalue weighted by molar-refractivity contribution is 0.598. The first-order valence-corrected chi connectivity index (χ1v) is 10.6. The molecule has 0 spiro atoms. The SMILES string of the molecule is NS(=O)(=O)c1ccccc1.Nc1c(Cl)cc(-c2cc(Cl)c(N)c(Cl)c2)cc1Cl. The van der Waals surface area contributed by atoms with E-state index in [4.69, 9.17) is 63.0 Å². The molecule has 0 bridgehead atoms. The maximum absolute atomic E-state index is 10.6. The summed E-state index contributed by atoms with van der Waals surface area (Å²) in [4.78, 5) is 0.148. The van der Waals surface area contributed by atoms with Crippen molar-refractivity contribution in [3.05, 3.63) is 74.7 Å². The summed E-state index contributed by atoms with van der Waals surface area (Å²) < 4.78 is 21.2. The Bertz CT molecular complexity index is 1010. The van der Waals surface area contributed by atoms with Gasteiger partial charge >= 0.3 is 0 Å². The number of primary sulfonamides is 1. The molecule has 5 nitrogen and oxygen atoms in total. The molecule has 0 unspecified atom stereocenters. The number of halogens is 4. The van der Waals surface area contributed by atoms with E-state index in [2.05, 4.69) is 0 Å². The number of rotatable bonds is 2. The van der Waals surface area contributed by atoms with Gasteiger partial charge in [0.15, 0.2) is 0 Å². The highest BCUT2D eigenvalue weighted by molar-refractivity contribution is 7.89. The van der Waals surface area contributed by atoms with Crippen LogP contribution in [0.1, 0.15) is 0 Å².